The van der Waals surface area contributed by atoms with Crippen molar-refractivity contribution >= 4 is 37.1 Å². The molecule has 3 aliphatic rings. The van der Waals surface area contributed by atoms with Gasteiger partial charge in [0.25, 0.3) is 0 Å². The first-order chi connectivity index (χ1) is 15.4. The fourth-order valence-electron chi connectivity index (χ4n) is 3.07. The van der Waals surface area contributed by atoms with E-state index in [4.69, 9.17) is 28.7 Å². The molecule has 0 radical (unpaired) electrons. The monoisotopic (exact) mass is 546 g/mol. The van der Waals surface area contributed by atoms with E-state index in [0.29, 0.717) is 6.54 Å². The Kier molecular flexibility index (Phi) is 9.45. The number of rotatable bonds is 2. The number of nitrogens with one attached hydrogen (secondary N) is 2. The van der Waals surface area contributed by atoms with E-state index in [9.17, 15) is 0 Å². The van der Waals surface area contributed by atoms with Gasteiger partial charge in [0, 0.05) is 20.6 Å². The Hall–Kier alpha value is -0.545. The third kappa shape index (κ3) is 7.25. The van der Waals surface area contributed by atoms with Crippen LogP contribution in [0.2, 0.25) is 0 Å². The van der Waals surface area contributed by atoms with Gasteiger partial charge in [-0.2, -0.15) is 15.0 Å². The summed E-state index contributed by atoms with van der Waals surface area (Å²) in [7, 11) is 1.29. The Balaban J connectivity index is 0.000000211. The molecule has 4 heterocycles. The maximum absolute atomic E-state index is 8.60. The van der Waals surface area contributed by atoms with Crippen LogP contribution in [-0.4, -0.2) is 93.2 Å². The molecular formula is C18H38B3BrN6O6. The minimum atomic E-state index is -1.29. The van der Waals surface area contributed by atoms with E-state index in [0.717, 1.165) is 4.60 Å². The topological polar surface area (TPSA) is 135 Å². The molecule has 1 atom stereocenters. The highest BCUT2D eigenvalue weighted by molar-refractivity contribution is 9.10. The van der Waals surface area contributed by atoms with Crippen molar-refractivity contribution < 1.29 is 28.7 Å². The molecule has 0 aromatic carbocycles. The molecule has 0 aliphatic carbocycles. The summed E-state index contributed by atoms with van der Waals surface area (Å²) < 4.78 is 24.6. The fourth-order valence-corrected chi connectivity index (χ4v) is 3.39. The first-order valence-corrected chi connectivity index (χ1v) is 12.0. The number of halogens is 1. The number of hydrogen-bond acceptors (Lipinski definition) is 11. The molecule has 34 heavy (non-hydrogen) atoms. The molecule has 3 aliphatic heterocycles. The summed E-state index contributed by atoms with van der Waals surface area (Å²) >= 11 is 3.14. The Morgan fingerprint density at radius 1 is 0.941 bits per heavy atom. The van der Waals surface area contributed by atoms with Gasteiger partial charge >= 0.3 is 21.1 Å². The predicted molar refractivity (Wildman–Crippen MR) is 134 cm³/mol. The molecule has 1 aromatic rings. The lowest BCUT2D eigenvalue weighted by Crippen LogP contribution is -2.44. The van der Waals surface area contributed by atoms with E-state index in [-0.39, 0.29) is 28.3 Å². The molecule has 4 rings (SSSR count). The number of aryl methyl sites for hydroxylation is 1. The normalized spacial score (nSPS) is 26.6. The lowest BCUT2D eigenvalue weighted by molar-refractivity contribution is 0.00578. The molecule has 1 unspecified atom stereocenters. The van der Waals surface area contributed by atoms with Crippen LogP contribution in [-0.2, 0) is 25.7 Å². The van der Waals surface area contributed by atoms with E-state index in [1.54, 1.807) is 25.4 Å². The second kappa shape index (κ2) is 10.8. The van der Waals surface area contributed by atoms with Crippen LogP contribution in [0.4, 0.5) is 0 Å². The van der Waals surface area contributed by atoms with Crippen LogP contribution in [0.3, 0.4) is 0 Å². The van der Waals surface area contributed by atoms with E-state index in [2.05, 4.69) is 37.0 Å². The summed E-state index contributed by atoms with van der Waals surface area (Å²) in [5.74, 6) is -0.282. The first kappa shape index (κ1) is 29.7. The van der Waals surface area contributed by atoms with Gasteiger partial charge in [-0.15, -0.1) is 5.10 Å². The molecule has 192 valence electrons. The highest BCUT2D eigenvalue weighted by Crippen LogP contribution is 2.42. The van der Waals surface area contributed by atoms with Gasteiger partial charge in [0.15, 0.2) is 0 Å². The van der Waals surface area contributed by atoms with Crippen molar-refractivity contribution in [1.82, 2.24) is 31.0 Å². The highest BCUT2D eigenvalue weighted by atomic mass is 79.9. The van der Waals surface area contributed by atoms with Crippen molar-refractivity contribution in [3.8, 4) is 0 Å². The third-order valence-electron chi connectivity index (χ3n) is 6.60. The van der Waals surface area contributed by atoms with Crippen molar-refractivity contribution in [2.45, 2.75) is 83.7 Å². The Morgan fingerprint density at radius 2 is 1.35 bits per heavy atom. The fraction of sp³-hybridized carbons (Fsp3) is 0.889. The zero-order chi connectivity index (χ0) is 26.1. The zero-order valence-electron chi connectivity index (χ0n) is 21.8. The summed E-state index contributed by atoms with van der Waals surface area (Å²) in [5, 5.41) is 26.4. The maximum atomic E-state index is 8.60. The average Bonchev–Trinajstić information content (AvgIpc) is 3.37. The van der Waals surface area contributed by atoms with Crippen LogP contribution in [0, 0.1) is 0 Å². The van der Waals surface area contributed by atoms with Crippen molar-refractivity contribution in [3.05, 3.63) is 10.8 Å². The molecule has 3 saturated heterocycles. The van der Waals surface area contributed by atoms with Crippen LogP contribution >= 0.6 is 15.9 Å². The third-order valence-corrected chi connectivity index (χ3v) is 6.97. The molecule has 0 saturated carbocycles. The van der Waals surface area contributed by atoms with Gasteiger partial charge < -0.3 is 28.7 Å². The molecule has 16 heteroatoms. The minimum absolute atomic E-state index is 0.282. The quantitative estimate of drug-likeness (QED) is 0.377. The smallest absolute Gasteiger partial charge is 0.426 e. The summed E-state index contributed by atoms with van der Waals surface area (Å²) in [4.78, 5) is 1.49. The van der Waals surface area contributed by atoms with Crippen molar-refractivity contribution in [3.63, 3.8) is 0 Å². The summed E-state index contributed by atoms with van der Waals surface area (Å²) in [5.41, 5.74) is 4.19. The summed E-state index contributed by atoms with van der Waals surface area (Å²) in [6.07, 6.45) is 1.64. The number of hydrogen-bond donors (Lipinski definition) is 4. The SMILES string of the molecule is CC1(C)OB(B2OC(C)(C)C(C)(C)O2)OC1(C)C.CN1NCC(B(O)O)N1.Cn1ncc(Br)n1. The van der Waals surface area contributed by atoms with Gasteiger partial charge in [0.05, 0.1) is 34.5 Å². The highest BCUT2D eigenvalue weighted by Gasteiger charge is 2.63. The molecule has 3 fully saturated rings. The summed E-state index contributed by atoms with van der Waals surface area (Å²) in [6.45, 7) is 16.8. The maximum Gasteiger partial charge on any atom is 0.488 e. The van der Waals surface area contributed by atoms with Crippen LogP contribution < -0.4 is 10.9 Å². The number of hydrazine groups is 2. The van der Waals surface area contributed by atoms with Gasteiger partial charge in [-0.05, 0) is 71.3 Å². The lowest BCUT2D eigenvalue weighted by Gasteiger charge is -2.32. The Morgan fingerprint density at radius 3 is 1.53 bits per heavy atom. The second-order valence-corrected chi connectivity index (χ2v) is 11.3. The standard InChI is InChI=1S/C12H24B2O4.C3H10BN3O2.C3H4BrN3/c1-9(2)10(3,4)16-13(15-9)14-17-11(5,6)12(7,8)18-14;1-7-5-2-3(6-7)4(8)9;1-7-5-2-3(4)6-7/h1-8H3;3,5-6,8-9H,2H2,1H3;2H,1H3. The van der Waals surface area contributed by atoms with Crippen LogP contribution in [0.5, 0.6) is 0 Å². The van der Waals surface area contributed by atoms with Gasteiger partial charge in [-0.25, -0.2) is 10.9 Å². The molecule has 4 N–H and O–H groups in total. The molecule has 12 nitrogen and oxygen atoms in total. The van der Waals surface area contributed by atoms with Crippen molar-refractivity contribution in [2.75, 3.05) is 13.6 Å². The van der Waals surface area contributed by atoms with E-state index in [1.165, 1.54) is 4.80 Å². The first-order valence-electron chi connectivity index (χ1n) is 11.2. The van der Waals surface area contributed by atoms with E-state index < -0.39 is 21.1 Å². The van der Waals surface area contributed by atoms with E-state index >= 15 is 0 Å². The van der Waals surface area contributed by atoms with Crippen LogP contribution in [0.25, 0.3) is 0 Å². The lowest BCUT2D eigenvalue weighted by atomic mass is 9.49. The minimum Gasteiger partial charge on any atom is -0.426 e. The average molecular weight is 547 g/mol. The van der Waals surface area contributed by atoms with Crippen LogP contribution in [0.15, 0.2) is 10.8 Å². The molecule has 0 bridgehead atoms. The van der Waals surface area contributed by atoms with Crippen LogP contribution in [0.1, 0.15) is 55.4 Å². The Labute approximate surface area is 211 Å². The largest absolute Gasteiger partial charge is 0.488 e. The molecule has 0 amide bonds. The van der Waals surface area contributed by atoms with Gasteiger partial charge in [-0.3, -0.25) is 0 Å². The van der Waals surface area contributed by atoms with Crippen molar-refractivity contribution in [1.29, 1.82) is 0 Å². The number of aromatic nitrogens is 3. The summed E-state index contributed by atoms with van der Waals surface area (Å²) in [6, 6.07) is 0. The van der Waals surface area contributed by atoms with Crippen molar-refractivity contribution in [2.24, 2.45) is 7.05 Å². The predicted octanol–water partition coefficient (Wildman–Crippen LogP) is 0.148. The molecule has 0 spiro atoms. The van der Waals surface area contributed by atoms with Gasteiger partial charge in [-0.1, -0.05) is 0 Å². The molecular weight excluding hydrogens is 509 g/mol. The molecule has 1 aromatic heterocycles. The van der Waals surface area contributed by atoms with Gasteiger partial charge in [0.2, 0.25) is 0 Å². The Bertz CT molecular complexity index is 732. The van der Waals surface area contributed by atoms with Gasteiger partial charge in [0.1, 0.15) is 4.60 Å². The number of nitrogens with zero attached hydrogens (tertiary/aromatic N) is 4. The second-order valence-electron chi connectivity index (χ2n) is 10.5. The van der Waals surface area contributed by atoms with E-state index in [1.807, 2.05) is 55.4 Å². The zero-order valence-corrected chi connectivity index (χ0v) is 23.4.